The Labute approximate surface area is 272 Å². The fraction of sp³-hybridized carbons (Fsp3) is 0.634. The molecule has 0 saturated carbocycles. The molecule has 1 aromatic carbocycles. The molecule has 2 N–H and O–H groups in total. The lowest BCUT2D eigenvalue weighted by Crippen LogP contribution is -2.68. The first kappa shape index (κ1) is 31.2. The van der Waals surface area contributed by atoms with Crippen LogP contribution < -0.4 is 5.73 Å². The summed E-state index contributed by atoms with van der Waals surface area (Å²) in [6.45, 7) is 7.04. The molecule has 1 aromatic heterocycles. The topological polar surface area (TPSA) is 45.4 Å². The van der Waals surface area contributed by atoms with Gasteiger partial charge in [0.05, 0.1) is 5.52 Å². The van der Waals surface area contributed by atoms with Gasteiger partial charge in [-0.1, -0.05) is 54.8 Å². The number of hydrogen-bond donors (Lipinski definition) is 1. The Kier molecular flexibility index (Phi) is 10.1. The summed E-state index contributed by atoms with van der Waals surface area (Å²) in [4.78, 5) is 11.2. The summed E-state index contributed by atoms with van der Waals surface area (Å²) >= 11 is 0. The van der Waals surface area contributed by atoms with Gasteiger partial charge in [-0.3, -0.25) is 9.88 Å². The summed E-state index contributed by atoms with van der Waals surface area (Å²) in [5, 5.41) is 1.29. The van der Waals surface area contributed by atoms with E-state index in [2.05, 4.69) is 64.1 Å². The highest BCUT2D eigenvalue weighted by atomic mass is 15.2. The third kappa shape index (κ3) is 6.56. The smallest absolute Gasteiger partial charge is 0.0708 e. The van der Waals surface area contributed by atoms with Crippen LogP contribution in [0.5, 0.6) is 0 Å². The standard InChI is InChI=1S/C41H56N4/c42-25-22-34-35-18-10-11-20-38(35)43-39-21-13-16-27-45-30-33-29-32-17-9-7-5-3-1-2-4-6-8-15-26-44-28-23-37(33)41(31-44,40(32)45)24-14-12-19-36(34)39/h10-12,18-20,29,33,37,40H,3-9,13-17,21-28,30-31,42H2/b19-12-/t33-,37+,40+,41+/m0/s1. The lowest BCUT2D eigenvalue weighted by molar-refractivity contribution is -0.110. The van der Waals surface area contributed by atoms with E-state index in [1.54, 1.807) is 5.57 Å². The van der Waals surface area contributed by atoms with E-state index in [1.165, 1.54) is 126 Å². The van der Waals surface area contributed by atoms with Gasteiger partial charge in [-0.05, 0) is 132 Å². The Bertz CT molecular complexity index is 1440. The fourth-order valence-corrected chi connectivity index (χ4v) is 10.1. The van der Waals surface area contributed by atoms with Gasteiger partial charge >= 0.3 is 0 Å². The number of nitrogens with two attached hydrogens (primary N) is 1. The summed E-state index contributed by atoms with van der Waals surface area (Å²) < 4.78 is 0. The zero-order valence-electron chi connectivity index (χ0n) is 27.7. The van der Waals surface area contributed by atoms with Crippen molar-refractivity contribution in [1.82, 2.24) is 14.8 Å². The number of allylic oxidation sites excluding steroid dienone is 1. The molecule has 240 valence electrons. The van der Waals surface area contributed by atoms with E-state index in [0.717, 1.165) is 49.5 Å². The van der Waals surface area contributed by atoms with E-state index in [9.17, 15) is 0 Å². The molecule has 8 rings (SSSR count). The second-order valence-corrected chi connectivity index (χ2v) is 14.8. The number of aryl methyl sites for hydroxylation is 1. The van der Waals surface area contributed by atoms with Crippen LogP contribution in [0.25, 0.3) is 17.0 Å². The van der Waals surface area contributed by atoms with E-state index >= 15 is 0 Å². The second-order valence-electron chi connectivity index (χ2n) is 14.8. The fourth-order valence-electron chi connectivity index (χ4n) is 10.1. The van der Waals surface area contributed by atoms with E-state index in [1.807, 2.05) is 0 Å². The van der Waals surface area contributed by atoms with Crippen LogP contribution in [0.2, 0.25) is 0 Å². The molecule has 6 aliphatic rings. The SMILES string of the molecule is NCCc1c2c(nc3ccccc13)CCCCN1C[C@@H]3C=C4CCCCCC#CCCCCCN5CC[C@H]3[C@@](CC/C=C\2)(C5)[C@@H]41. The van der Waals surface area contributed by atoms with Gasteiger partial charge in [0, 0.05) is 48.5 Å². The molecule has 2 saturated heterocycles. The zero-order chi connectivity index (χ0) is 30.5. The zero-order valence-corrected chi connectivity index (χ0v) is 27.7. The molecule has 5 aliphatic heterocycles. The quantitative estimate of drug-likeness (QED) is 0.279. The van der Waals surface area contributed by atoms with Gasteiger partial charge in [0.2, 0.25) is 0 Å². The maximum absolute atomic E-state index is 6.21. The molecule has 2 unspecified atom stereocenters. The average molecular weight is 605 g/mol. The molecule has 2 aromatic rings. The molecule has 2 fully saturated rings. The van der Waals surface area contributed by atoms with Crippen molar-refractivity contribution in [3.63, 3.8) is 0 Å². The highest BCUT2D eigenvalue weighted by molar-refractivity contribution is 5.86. The Hall–Kier alpha value is -2.45. The van der Waals surface area contributed by atoms with Crippen LogP contribution in [-0.4, -0.2) is 60.1 Å². The van der Waals surface area contributed by atoms with Gasteiger partial charge in [0.15, 0.2) is 0 Å². The minimum Gasteiger partial charge on any atom is -0.330 e. The molecule has 6 atom stereocenters. The van der Waals surface area contributed by atoms with E-state index in [4.69, 9.17) is 10.7 Å². The number of aromatic nitrogens is 1. The average Bonchev–Trinajstić information content (AvgIpc) is 3.06. The molecule has 4 heteroatoms. The van der Waals surface area contributed by atoms with Crippen LogP contribution in [-0.2, 0) is 12.8 Å². The maximum atomic E-state index is 6.21. The summed E-state index contributed by atoms with van der Waals surface area (Å²) in [6.07, 6.45) is 27.3. The number of fused-ring (bicyclic) bond motifs is 3. The first-order valence-electron chi connectivity index (χ1n) is 18.7. The van der Waals surface area contributed by atoms with Crippen molar-refractivity contribution in [2.24, 2.45) is 23.0 Å². The molecule has 0 amide bonds. The number of para-hydroxylation sites is 1. The van der Waals surface area contributed by atoms with Crippen LogP contribution >= 0.6 is 0 Å². The Balaban J connectivity index is 1.23. The van der Waals surface area contributed by atoms with Gasteiger partial charge in [0.25, 0.3) is 0 Å². The van der Waals surface area contributed by atoms with E-state index in [-0.39, 0.29) is 0 Å². The number of benzene rings is 1. The minimum atomic E-state index is 0.366. The molecule has 45 heavy (non-hydrogen) atoms. The van der Waals surface area contributed by atoms with Gasteiger partial charge in [-0.2, -0.15) is 0 Å². The normalized spacial score (nSPS) is 33.4. The summed E-state index contributed by atoms with van der Waals surface area (Å²) in [6, 6.07) is 9.35. The van der Waals surface area contributed by atoms with E-state index < -0.39 is 0 Å². The molecule has 6 bridgehead atoms. The Morgan fingerprint density at radius 1 is 0.911 bits per heavy atom. The summed E-state index contributed by atoms with van der Waals surface area (Å²) in [5.74, 6) is 8.51. The van der Waals surface area contributed by atoms with Crippen LogP contribution in [0.4, 0.5) is 0 Å². The van der Waals surface area contributed by atoms with Crippen LogP contribution in [0.15, 0.2) is 42.0 Å². The lowest BCUT2D eigenvalue weighted by atomic mass is 9.52. The molecule has 4 nitrogen and oxygen atoms in total. The predicted molar refractivity (Wildman–Crippen MR) is 189 cm³/mol. The molecule has 1 spiro atoms. The maximum Gasteiger partial charge on any atom is 0.0708 e. The number of rotatable bonds is 2. The number of pyridine rings is 1. The van der Waals surface area contributed by atoms with Crippen LogP contribution in [0.1, 0.15) is 107 Å². The van der Waals surface area contributed by atoms with Crippen molar-refractivity contribution in [3.8, 4) is 11.8 Å². The number of hydrogen-bond acceptors (Lipinski definition) is 4. The predicted octanol–water partition coefficient (Wildman–Crippen LogP) is 7.94. The summed E-state index contributed by atoms with van der Waals surface area (Å²) in [5.41, 5.74) is 13.6. The highest BCUT2D eigenvalue weighted by Gasteiger charge is 2.58. The van der Waals surface area contributed by atoms with Crippen molar-refractivity contribution in [2.45, 2.75) is 109 Å². The first-order chi connectivity index (χ1) is 22.3. The van der Waals surface area contributed by atoms with Crippen LogP contribution in [0, 0.1) is 29.1 Å². The monoisotopic (exact) mass is 604 g/mol. The Morgan fingerprint density at radius 2 is 1.73 bits per heavy atom. The van der Waals surface area contributed by atoms with Crippen molar-refractivity contribution in [1.29, 1.82) is 0 Å². The molecule has 1 aliphatic carbocycles. The van der Waals surface area contributed by atoms with Crippen LogP contribution in [0.3, 0.4) is 0 Å². The van der Waals surface area contributed by atoms with Crippen molar-refractivity contribution in [3.05, 3.63) is 58.8 Å². The van der Waals surface area contributed by atoms with Crippen molar-refractivity contribution < 1.29 is 0 Å². The number of piperidine rings is 2. The highest BCUT2D eigenvalue weighted by Crippen LogP contribution is 2.57. The third-order valence-corrected chi connectivity index (χ3v) is 12.0. The largest absolute Gasteiger partial charge is 0.330 e. The lowest BCUT2D eigenvalue weighted by Gasteiger charge is -2.64. The van der Waals surface area contributed by atoms with Gasteiger partial charge in [-0.25, -0.2) is 0 Å². The minimum absolute atomic E-state index is 0.366. The molecule has 6 heterocycles. The van der Waals surface area contributed by atoms with Gasteiger partial charge in [0.1, 0.15) is 0 Å². The van der Waals surface area contributed by atoms with Gasteiger partial charge < -0.3 is 10.6 Å². The molecular formula is C41H56N4. The second kappa shape index (κ2) is 14.5. The van der Waals surface area contributed by atoms with Gasteiger partial charge in [-0.15, -0.1) is 11.8 Å². The Morgan fingerprint density at radius 3 is 2.62 bits per heavy atom. The molecule has 0 radical (unpaired) electrons. The number of nitrogens with zero attached hydrogens (tertiary/aromatic N) is 3. The third-order valence-electron chi connectivity index (χ3n) is 12.0. The first-order valence-corrected chi connectivity index (χ1v) is 18.7. The van der Waals surface area contributed by atoms with E-state index in [0.29, 0.717) is 18.0 Å². The van der Waals surface area contributed by atoms with Crippen molar-refractivity contribution in [2.75, 3.05) is 39.3 Å². The summed E-state index contributed by atoms with van der Waals surface area (Å²) in [7, 11) is 0. The van der Waals surface area contributed by atoms with Crippen molar-refractivity contribution >= 4 is 17.0 Å². The molecular weight excluding hydrogens is 548 g/mol.